The number of hydrogen-bond acceptors (Lipinski definition) is 2. The van der Waals surface area contributed by atoms with E-state index in [1.807, 2.05) is 13.8 Å². The van der Waals surface area contributed by atoms with Crippen LogP contribution in [-0.2, 0) is 0 Å². The van der Waals surface area contributed by atoms with E-state index in [9.17, 15) is 8.78 Å². The van der Waals surface area contributed by atoms with Gasteiger partial charge in [-0.2, -0.15) is 0 Å². The smallest absolute Gasteiger partial charge is 0.250 e. The standard InChI is InChI=1S/C9H16F2N2/c1-6(2)8(7(13)3-12)4-9(10,11)5-8/h3,6H,4-5,12-13H2,1-2H3/b7-3-. The van der Waals surface area contributed by atoms with Crippen molar-refractivity contribution in [2.45, 2.75) is 32.6 Å². The number of rotatable bonds is 2. The number of hydrogen-bond donors (Lipinski definition) is 2. The third kappa shape index (κ3) is 1.49. The van der Waals surface area contributed by atoms with Crippen molar-refractivity contribution in [2.24, 2.45) is 22.8 Å². The van der Waals surface area contributed by atoms with Gasteiger partial charge >= 0.3 is 0 Å². The summed E-state index contributed by atoms with van der Waals surface area (Å²) in [7, 11) is 0. The maximum Gasteiger partial charge on any atom is 0.250 e. The Morgan fingerprint density at radius 3 is 2.08 bits per heavy atom. The number of alkyl halides is 2. The number of halogens is 2. The highest BCUT2D eigenvalue weighted by molar-refractivity contribution is 5.19. The minimum atomic E-state index is -2.56. The average molecular weight is 190 g/mol. The van der Waals surface area contributed by atoms with E-state index in [0.29, 0.717) is 5.70 Å². The molecule has 0 amide bonds. The van der Waals surface area contributed by atoms with Crippen LogP contribution >= 0.6 is 0 Å². The lowest BCUT2D eigenvalue weighted by Gasteiger charge is -2.50. The van der Waals surface area contributed by atoms with Crippen LogP contribution in [-0.4, -0.2) is 5.92 Å². The fraction of sp³-hybridized carbons (Fsp3) is 0.778. The Hall–Kier alpha value is -0.800. The van der Waals surface area contributed by atoms with E-state index in [0.717, 1.165) is 0 Å². The van der Waals surface area contributed by atoms with Gasteiger partial charge in [-0.1, -0.05) is 13.8 Å². The Balaban J connectivity index is 2.84. The molecular weight excluding hydrogens is 174 g/mol. The molecule has 0 heterocycles. The zero-order valence-corrected chi connectivity index (χ0v) is 7.98. The van der Waals surface area contributed by atoms with Crippen molar-refractivity contribution in [2.75, 3.05) is 0 Å². The summed E-state index contributed by atoms with van der Waals surface area (Å²) in [6.07, 6.45) is 0.906. The summed E-state index contributed by atoms with van der Waals surface area (Å²) in [5.41, 5.74) is 10.7. The molecule has 1 aliphatic rings. The fourth-order valence-electron chi connectivity index (χ4n) is 1.98. The zero-order chi connectivity index (χ0) is 10.3. The van der Waals surface area contributed by atoms with E-state index in [4.69, 9.17) is 11.5 Å². The van der Waals surface area contributed by atoms with Crippen LogP contribution in [0.3, 0.4) is 0 Å². The summed E-state index contributed by atoms with van der Waals surface area (Å²) in [5, 5.41) is 0. The third-order valence-electron chi connectivity index (χ3n) is 3.01. The van der Waals surface area contributed by atoms with E-state index in [1.165, 1.54) is 6.20 Å². The van der Waals surface area contributed by atoms with E-state index >= 15 is 0 Å². The van der Waals surface area contributed by atoms with E-state index in [2.05, 4.69) is 0 Å². The Bertz CT molecular complexity index is 226. The van der Waals surface area contributed by atoms with Crippen LogP contribution in [0.5, 0.6) is 0 Å². The van der Waals surface area contributed by atoms with Gasteiger partial charge in [0, 0.05) is 30.2 Å². The van der Waals surface area contributed by atoms with Gasteiger partial charge < -0.3 is 11.5 Å². The molecular formula is C9H16F2N2. The first kappa shape index (κ1) is 10.3. The summed E-state index contributed by atoms with van der Waals surface area (Å²) in [5.74, 6) is -2.45. The van der Waals surface area contributed by atoms with E-state index in [1.54, 1.807) is 0 Å². The van der Waals surface area contributed by atoms with Crippen molar-refractivity contribution < 1.29 is 8.78 Å². The molecule has 1 aliphatic carbocycles. The molecule has 0 aliphatic heterocycles. The lowest BCUT2D eigenvalue weighted by atomic mass is 9.58. The highest BCUT2D eigenvalue weighted by atomic mass is 19.3. The lowest BCUT2D eigenvalue weighted by molar-refractivity contribution is -0.162. The van der Waals surface area contributed by atoms with Crippen LogP contribution < -0.4 is 11.5 Å². The molecule has 0 atom stereocenters. The summed E-state index contributed by atoms with van der Waals surface area (Å²) in [6.45, 7) is 3.79. The molecule has 4 N–H and O–H groups in total. The molecule has 0 aromatic heterocycles. The van der Waals surface area contributed by atoms with Crippen LogP contribution in [0.25, 0.3) is 0 Å². The van der Waals surface area contributed by atoms with Crippen molar-refractivity contribution in [1.29, 1.82) is 0 Å². The maximum atomic E-state index is 12.8. The van der Waals surface area contributed by atoms with Gasteiger partial charge in [0.1, 0.15) is 0 Å². The molecule has 1 saturated carbocycles. The second-order valence-electron chi connectivity index (χ2n) is 4.14. The molecule has 4 heteroatoms. The van der Waals surface area contributed by atoms with Gasteiger partial charge in [0.25, 0.3) is 0 Å². The highest BCUT2D eigenvalue weighted by Crippen LogP contribution is 2.58. The van der Waals surface area contributed by atoms with Crippen molar-refractivity contribution in [3.8, 4) is 0 Å². The minimum Gasteiger partial charge on any atom is -0.403 e. The van der Waals surface area contributed by atoms with Crippen molar-refractivity contribution in [1.82, 2.24) is 0 Å². The second kappa shape index (κ2) is 2.86. The van der Waals surface area contributed by atoms with Gasteiger partial charge in [-0.25, -0.2) is 8.78 Å². The van der Waals surface area contributed by atoms with Crippen LogP contribution in [0.2, 0.25) is 0 Å². The summed E-state index contributed by atoms with van der Waals surface area (Å²) >= 11 is 0. The first-order valence-electron chi connectivity index (χ1n) is 4.40. The largest absolute Gasteiger partial charge is 0.403 e. The SMILES string of the molecule is CC(C)C1(/C(N)=C/N)CC(F)(F)C1. The zero-order valence-electron chi connectivity index (χ0n) is 7.98. The Kier molecular flexibility index (Phi) is 2.26. The number of allylic oxidation sites excluding steroid dienone is 1. The summed E-state index contributed by atoms with van der Waals surface area (Å²) < 4.78 is 25.5. The van der Waals surface area contributed by atoms with Crippen LogP contribution in [0.1, 0.15) is 26.7 Å². The topological polar surface area (TPSA) is 52.0 Å². The van der Waals surface area contributed by atoms with Gasteiger partial charge in [-0.15, -0.1) is 0 Å². The lowest BCUT2D eigenvalue weighted by Crippen LogP contribution is -2.52. The van der Waals surface area contributed by atoms with E-state index in [-0.39, 0.29) is 18.8 Å². The molecule has 0 saturated heterocycles. The van der Waals surface area contributed by atoms with Gasteiger partial charge in [-0.05, 0) is 5.92 Å². The van der Waals surface area contributed by atoms with Crippen LogP contribution in [0.15, 0.2) is 11.9 Å². The van der Waals surface area contributed by atoms with Gasteiger partial charge in [0.15, 0.2) is 0 Å². The monoisotopic (exact) mass is 190 g/mol. The normalized spacial score (nSPS) is 25.8. The highest BCUT2D eigenvalue weighted by Gasteiger charge is 2.59. The molecule has 1 rings (SSSR count). The molecule has 0 aromatic rings. The van der Waals surface area contributed by atoms with Gasteiger partial charge in [0.2, 0.25) is 5.92 Å². The fourth-order valence-corrected chi connectivity index (χ4v) is 1.98. The van der Waals surface area contributed by atoms with Crippen molar-refractivity contribution in [3.63, 3.8) is 0 Å². The van der Waals surface area contributed by atoms with E-state index < -0.39 is 11.3 Å². The molecule has 1 fully saturated rings. The summed E-state index contributed by atoms with van der Waals surface area (Å²) in [6, 6.07) is 0. The Labute approximate surface area is 77.0 Å². The first-order chi connectivity index (χ1) is 5.84. The predicted molar refractivity (Wildman–Crippen MR) is 47.9 cm³/mol. The molecule has 0 spiro atoms. The second-order valence-corrected chi connectivity index (χ2v) is 4.14. The van der Waals surface area contributed by atoms with Gasteiger partial charge in [0.05, 0.1) is 0 Å². The number of nitrogens with two attached hydrogens (primary N) is 2. The summed E-state index contributed by atoms with van der Waals surface area (Å²) in [4.78, 5) is 0. The molecule has 0 radical (unpaired) electrons. The van der Waals surface area contributed by atoms with Crippen molar-refractivity contribution >= 4 is 0 Å². The Morgan fingerprint density at radius 1 is 1.38 bits per heavy atom. The first-order valence-corrected chi connectivity index (χ1v) is 4.40. The molecule has 0 unspecified atom stereocenters. The van der Waals surface area contributed by atoms with Gasteiger partial charge in [-0.3, -0.25) is 0 Å². The predicted octanol–water partition coefficient (Wildman–Crippen LogP) is 1.82. The molecule has 2 nitrogen and oxygen atoms in total. The third-order valence-corrected chi connectivity index (χ3v) is 3.01. The molecule has 0 bridgehead atoms. The van der Waals surface area contributed by atoms with Crippen molar-refractivity contribution in [3.05, 3.63) is 11.9 Å². The minimum absolute atomic E-state index is 0.104. The maximum absolute atomic E-state index is 12.8. The average Bonchev–Trinajstić information content (AvgIpc) is 1.97. The Morgan fingerprint density at radius 2 is 1.85 bits per heavy atom. The molecule has 13 heavy (non-hydrogen) atoms. The van der Waals surface area contributed by atoms with Crippen LogP contribution in [0, 0.1) is 11.3 Å². The molecule has 76 valence electrons. The van der Waals surface area contributed by atoms with Crippen LogP contribution in [0.4, 0.5) is 8.78 Å². The quantitative estimate of drug-likeness (QED) is 0.697. The molecule has 0 aromatic carbocycles.